The van der Waals surface area contributed by atoms with Gasteiger partial charge in [0.2, 0.25) is 0 Å². The second-order valence-electron chi connectivity index (χ2n) is 6.11. The fourth-order valence-corrected chi connectivity index (χ4v) is 2.20. The quantitative estimate of drug-likeness (QED) is 0.791. The van der Waals surface area contributed by atoms with E-state index in [1.54, 1.807) is 0 Å². The number of amides is 1. The Morgan fingerprint density at radius 3 is 2.86 bits per heavy atom. The smallest absolute Gasteiger partial charge is 0.270 e. The molecule has 2 aromatic rings. The molecule has 110 valence electrons. The first-order valence-corrected chi connectivity index (χ1v) is 6.86. The van der Waals surface area contributed by atoms with E-state index in [9.17, 15) is 4.79 Å². The van der Waals surface area contributed by atoms with Gasteiger partial charge < -0.3 is 10.6 Å². The number of hydrogen-bond acceptors (Lipinski definition) is 5. The number of anilines is 1. The van der Waals surface area contributed by atoms with E-state index < -0.39 is 0 Å². The minimum absolute atomic E-state index is 0.0151. The summed E-state index contributed by atoms with van der Waals surface area (Å²) in [7, 11) is 0. The van der Waals surface area contributed by atoms with Gasteiger partial charge in [-0.15, -0.1) is 0 Å². The third-order valence-electron chi connectivity index (χ3n) is 3.43. The molecule has 1 amide bonds. The van der Waals surface area contributed by atoms with Crippen LogP contribution in [-0.4, -0.2) is 26.1 Å². The third-order valence-corrected chi connectivity index (χ3v) is 3.43. The van der Waals surface area contributed by atoms with Crippen molar-refractivity contribution < 1.29 is 4.79 Å². The Balaban J connectivity index is 1.74. The zero-order valence-electron chi connectivity index (χ0n) is 12.3. The van der Waals surface area contributed by atoms with E-state index in [0.29, 0.717) is 24.6 Å². The molecule has 1 aliphatic rings. The van der Waals surface area contributed by atoms with Crippen molar-refractivity contribution in [3.05, 3.63) is 35.0 Å². The van der Waals surface area contributed by atoms with Crippen molar-refractivity contribution in [2.75, 3.05) is 5.32 Å². The molecule has 0 bridgehead atoms. The molecule has 0 saturated heterocycles. The topological polar surface area (TPSA) is 95.6 Å². The maximum Gasteiger partial charge on any atom is 0.270 e. The van der Waals surface area contributed by atoms with Gasteiger partial charge >= 0.3 is 0 Å². The fraction of sp³-hybridized carbons (Fsp3) is 0.429. The number of carbonyl (C=O) groups is 1. The lowest BCUT2D eigenvalue weighted by Gasteiger charge is -2.13. The van der Waals surface area contributed by atoms with Crippen LogP contribution in [0.25, 0.3) is 0 Å². The third kappa shape index (κ3) is 2.58. The zero-order chi connectivity index (χ0) is 15.0. The van der Waals surface area contributed by atoms with Gasteiger partial charge in [-0.2, -0.15) is 5.10 Å². The lowest BCUT2D eigenvalue weighted by Crippen LogP contribution is -2.13. The summed E-state index contributed by atoms with van der Waals surface area (Å²) in [5.74, 6) is 0.539. The van der Waals surface area contributed by atoms with Crippen molar-refractivity contribution in [3.8, 4) is 0 Å². The molecule has 7 heteroatoms. The molecule has 3 heterocycles. The Morgan fingerprint density at radius 2 is 2.14 bits per heavy atom. The van der Waals surface area contributed by atoms with Gasteiger partial charge in [0, 0.05) is 17.5 Å². The molecule has 3 N–H and O–H groups in total. The maximum absolute atomic E-state index is 11.6. The first-order chi connectivity index (χ1) is 9.95. The summed E-state index contributed by atoms with van der Waals surface area (Å²) in [6, 6.07) is 2.04. The summed E-state index contributed by atoms with van der Waals surface area (Å²) < 4.78 is 0. The van der Waals surface area contributed by atoms with E-state index in [2.05, 4.69) is 51.6 Å². The van der Waals surface area contributed by atoms with Gasteiger partial charge in [-0.05, 0) is 6.07 Å². The lowest BCUT2D eigenvalue weighted by molar-refractivity contribution is 0.0961. The molecule has 2 aromatic heterocycles. The number of nitrogens with zero attached hydrogens (tertiary/aromatic N) is 3. The van der Waals surface area contributed by atoms with Crippen LogP contribution in [0.3, 0.4) is 0 Å². The standard InChI is InChI=1S/C14H18N6O/c1-14(2,3)10-4-8(19-20-10)5-15-12-9-6-16-13(21)11(9)17-7-18-12/h4,7H,5-6H2,1-3H3,(H,16,21)(H,19,20)(H,15,17,18). The zero-order valence-corrected chi connectivity index (χ0v) is 12.3. The van der Waals surface area contributed by atoms with Crippen molar-refractivity contribution in [3.63, 3.8) is 0 Å². The Hall–Kier alpha value is -2.44. The van der Waals surface area contributed by atoms with E-state index in [4.69, 9.17) is 0 Å². The summed E-state index contributed by atoms with van der Waals surface area (Å²) >= 11 is 0. The average Bonchev–Trinajstić information content (AvgIpc) is 3.04. The van der Waals surface area contributed by atoms with Gasteiger partial charge in [-0.3, -0.25) is 9.89 Å². The molecule has 0 spiro atoms. The molecule has 21 heavy (non-hydrogen) atoms. The molecule has 0 unspecified atom stereocenters. The Morgan fingerprint density at radius 1 is 1.33 bits per heavy atom. The van der Waals surface area contributed by atoms with Crippen molar-refractivity contribution in [1.29, 1.82) is 0 Å². The highest BCUT2D eigenvalue weighted by Gasteiger charge is 2.24. The van der Waals surface area contributed by atoms with Crippen LogP contribution in [-0.2, 0) is 18.5 Å². The number of aromatic nitrogens is 4. The van der Waals surface area contributed by atoms with Gasteiger partial charge in [0.15, 0.2) is 0 Å². The molecule has 3 rings (SSSR count). The van der Waals surface area contributed by atoms with E-state index in [0.717, 1.165) is 17.0 Å². The summed E-state index contributed by atoms with van der Waals surface area (Å²) in [6.45, 7) is 7.40. The molecule has 1 aliphatic heterocycles. The van der Waals surface area contributed by atoms with Gasteiger partial charge in [0.05, 0.1) is 17.9 Å². The lowest BCUT2D eigenvalue weighted by atomic mass is 9.92. The van der Waals surface area contributed by atoms with Gasteiger partial charge in [-0.1, -0.05) is 20.8 Å². The van der Waals surface area contributed by atoms with Crippen LogP contribution in [0.1, 0.15) is 48.2 Å². The largest absolute Gasteiger partial charge is 0.364 e. The average molecular weight is 286 g/mol. The molecule has 0 saturated carbocycles. The van der Waals surface area contributed by atoms with Gasteiger partial charge in [0.25, 0.3) is 5.91 Å². The Kier molecular flexibility index (Phi) is 3.12. The van der Waals surface area contributed by atoms with E-state index in [-0.39, 0.29) is 11.3 Å². The highest BCUT2D eigenvalue weighted by molar-refractivity contribution is 5.97. The van der Waals surface area contributed by atoms with Crippen LogP contribution in [0.4, 0.5) is 5.82 Å². The molecule has 0 atom stereocenters. The summed E-state index contributed by atoms with van der Waals surface area (Å²) in [6.07, 6.45) is 1.40. The molecular formula is C14H18N6O. The molecule has 0 aromatic carbocycles. The second kappa shape index (κ2) is 4.83. The number of rotatable bonds is 3. The van der Waals surface area contributed by atoms with Crippen LogP contribution in [0.5, 0.6) is 0 Å². The predicted molar refractivity (Wildman–Crippen MR) is 77.8 cm³/mol. The molecule has 0 aliphatic carbocycles. The first kappa shape index (κ1) is 13.5. The van der Waals surface area contributed by atoms with E-state index in [1.165, 1.54) is 6.33 Å². The first-order valence-electron chi connectivity index (χ1n) is 6.86. The molecule has 0 radical (unpaired) electrons. The molecule has 0 fully saturated rings. The van der Waals surface area contributed by atoms with Crippen LogP contribution in [0, 0.1) is 0 Å². The van der Waals surface area contributed by atoms with Gasteiger partial charge in [0.1, 0.15) is 17.8 Å². The molecule has 7 nitrogen and oxygen atoms in total. The summed E-state index contributed by atoms with van der Waals surface area (Å²) in [5.41, 5.74) is 3.28. The maximum atomic E-state index is 11.6. The van der Waals surface area contributed by atoms with Crippen LogP contribution in [0.2, 0.25) is 0 Å². The fourth-order valence-electron chi connectivity index (χ4n) is 2.20. The van der Waals surface area contributed by atoms with Crippen LogP contribution >= 0.6 is 0 Å². The summed E-state index contributed by atoms with van der Waals surface area (Å²) in [4.78, 5) is 19.8. The Labute approximate surface area is 122 Å². The number of carbonyl (C=O) groups excluding carboxylic acids is 1. The SMILES string of the molecule is CC(C)(C)c1cc(CNc2ncnc3c2CNC3=O)[nH]n1. The highest BCUT2D eigenvalue weighted by Crippen LogP contribution is 2.22. The van der Waals surface area contributed by atoms with Crippen molar-refractivity contribution >= 4 is 11.7 Å². The monoisotopic (exact) mass is 286 g/mol. The van der Waals surface area contributed by atoms with Gasteiger partial charge in [-0.25, -0.2) is 9.97 Å². The van der Waals surface area contributed by atoms with Crippen molar-refractivity contribution in [1.82, 2.24) is 25.5 Å². The summed E-state index contributed by atoms with van der Waals surface area (Å²) in [5, 5.41) is 13.3. The second-order valence-corrected chi connectivity index (χ2v) is 6.11. The number of H-pyrrole nitrogens is 1. The number of fused-ring (bicyclic) bond motifs is 1. The number of hydrogen-bond donors (Lipinski definition) is 3. The molecular weight excluding hydrogens is 268 g/mol. The minimum atomic E-state index is -0.146. The number of nitrogens with one attached hydrogen (secondary N) is 3. The van der Waals surface area contributed by atoms with E-state index >= 15 is 0 Å². The van der Waals surface area contributed by atoms with Crippen LogP contribution in [0.15, 0.2) is 12.4 Å². The van der Waals surface area contributed by atoms with E-state index in [1.807, 2.05) is 6.07 Å². The van der Waals surface area contributed by atoms with Crippen molar-refractivity contribution in [2.45, 2.75) is 39.3 Å². The highest BCUT2D eigenvalue weighted by atomic mass is 16.2. The van der Waals surface area contributed by atoms with Crippen molar-refractivity contribution in [2.24, 2.45) is 0 Å². The minimum Gasteiger partial charge on any atom is -0.364 e. The van der Waals surface area contributed by atoms with Crippen LogP contribution < -0.4 is 10.6 Å². The normalized spacial score (nSPS) is 14.0. The Bertz CT molecular complexity index is 685. The number of aromatic amines is 1. The predicted octanol–water partition coefficient (Wildman–Crippen LogP) is 1.35.